The second-order valence-corrected chi connectivity index (χ2v) is 7.01. The van der Waals surface area contributed by atoms with Crippen LogP contribution in [0.1, 0.15) is 18.9 Å². The van der Waals surface area contributed by atoms with Crippen LogP contribution in [0.3, 0.4) is 0 Å². The summed E-state index contributed by atoms with van der Waals surface area (Å²) in [7, 11) is 0.500. The van der Waals surface area contributed by atoms with Crippen LogP contribution in [0.5, 0.6) is 0 Å². The fourth-order valence-electron chi connectivity index (χ4n) is 1.85. The molecule has 0 saturated heterocycles. The normalized spacial score (nSPS) is 13.7. The van der Waals surface area contributed by atoms with E-state index < -0.39 is 10.0 Å². The predicted molar refractivity (Wildman–Crippen MR) is 82.2 cm³/mol. The largest absolute Gasteiger partial charge is 0.330 e. The topological polar surface area (TPSA) is 75.4 Å². The molecule has 0 saturated carbocycles. The van der Waals surface area contributed by atoms with Crippen molar-refractivity contribution < 1.29 is 8.42 Å². The van der Waals surface area contributed by atoms with E-state index in [-0.39, 0.29) is 6.04 Å². The summed E-state index contributed by atoms with van der Waals surface area (Å²) in [4.78, 5) is 2.34. The Morgan fingerprint density at radius 2 is 1.85 bits per heavy atom. The van der Waals surface area contributed by atoms with Crippen LogP contribution < -0.4 is 10.5 Å². The highest BCUT2D eigenvalue weighted by atomic mass is 32.2. The molecule has 0 amide bonds. The number of rotatable bonds is 8. The molecule has 0 radical (unpaired) electrons. The van der Waals surface area contributed by atoms with Crippen LogP contribution >= 0.6 is 0 Å². The molecule has 1 aromatic carbocycles. The molecule has 20 heavy (non-hydrogen) atoms. The Hall–Kier alpha value is -0.950. The highest BCUT2D eigenvalue weighted by molar-refractivity contribution is 7.89. The zero-order valence-electron chi connectivity index (χ0n) is 12.5. The van der Waals surface area contributed by atoms with Crippen LogP contribution in [0.15, 0.2) is 29.2 Å². The molecule has 0 aliphatic carbocycles. The van der Waals surface area contributed by atoms with Crippen LogP contribution in [-0.2, 0) is 16.4 Å². The molecule has 0 aliphatic heterocycles. The highest BCUT2D eigenvalue weighted by Crippen LogP contribution is 2.12. The van der Waals surface area contributed by atoms with Crippen molar-refractivity contribution in [3.63, 3.8) is 0 Å². The van der Waals surface area contributed by atoms with Gasteiger partial charge in [-0.15, -0.1) is 0 Å². The molecule has 1 unspecified atom stereocenters. The number of hydrogen-bond donors (Lipinski definition) is 2. The molecular formula is C14H25N3O2S. The van der Waals surface area contributed by atoms with Crippen molar-refractivity contribution in [3.8, 4) is 0 Å². The maximum atomic E-state index is 12.2. The van der Waals surface area contributed by atoms with Gasteiger partial charge in [0.05, 0.1) is 4.90 Å². The number of nitrogens with one attached hydrogen (secondary N) is 1. The Morgan fingerprint density at radius 3 is 2.35 bits per heavy atom. The first-order chi connectivity index (χ1) is 9.35. The third-order valence-corrected chi connectivity index (χ3v) is 4.64. The minimum atomic E-state index is -3.44. The van der Waals surface area contributed by atoms with Crippen molar-refractivity contribution in [3.05, 3.63) is 29.8 Å². The van der Waals surface area contributed by atoms with E-state index in [9.17, 15) is 8.42 Å². The first-order valence-electron chi connectivity index (χ1n) is 6.81. The van der Waals surface area contributed by atoms with E-state index in [1.54, 1.807) is 12.1 Å². The summed E-state index contributed by atoms with van der Waals surface area (Å²) in [6.45, 7) is 3.29. The molecule has 0 heterocycles. The van der Waals surface area contributed by atoms with E-state index in [0.717, 1.165) is 24.9 Å². The summed E-state index contributed by atoms with van der Waals surface area (Å²) < 4.78 is 27.1. The van der Waals surface area contributed by atoms with Crippen molar-refractivity contribution in [2.24, 2.45) is 5.73 Å². The Labute approximate surface area is 122 Å². The maximum absolute atomic E-state index is 12.2. The van der Waals surface area contributed by atoms with Gasteiger partial charge in [0.1, 0.15) is 0 Å². The lowest BCUT2D eigenvalue weighted by Crippen LogP contribution is -2.34. The quantitative estimate of drug-likeness (QED) is 0.745. The Morgan fingerprint density at radius 1 is 1.25 bits per heavy atom. The number of nitrogens with two attached hydrogens (primary N) is 1. The van der Waals surface area contributed by atoms with E-state index >= 15 is 0 Å². The minimum Gasteiger partial charge on any atom is -0.330 e. The van der Waals surface area contributed by atoms with Gasteiger partial charge < -0.3 is 10.6 Å². The van der Waals surface area contributed by atoms with Gasteiger partial charge in [-0.25, -0.2) is 13.1 Å². The summed E-state index contributed by atoms with van der Waals surface area (Å²) in [6.07, 6.45) is 1.53. The number of benzene rings is 1. The third-order valence-electron chi connectivity index (χ3n) is 3.03. The molecule has 1 aromatic rings. The summed E-state index contributed by atoms with van der Waals surface area (Å²) in [5, 5.41) is 0. The third kappa shape index (κ3) is 5.58. The molecular weight excluding hydrogens is 274 g/mol. The van der Waals surface area contributed by atoms with Gasteiger partial charge >= 0.3 is 0 Å². The summed E-state index contributed by atoms with van der Waals surface area (Å²) in [5.74, 6) is 0. The van der Waals surface area contributed by atoms with E-state index in [1.807, 2.05) is 38.1 Å². The van der Waals surface area contributed by atoms with Gasteiger partial charge in [-0.1, -0.05) is 12.1 Å². The predicted octanol–water partition coefficient (Wildman–Crippen LogP) is 0.806. The van der Waals surface area contributed by atoms with Crippen molar-refractivity contribution in [2.75, 3.05) is 27.2 Å². The fraction of sp³-hybridized carbons (Fsp3) is 0.571. The van der Waals surface area contributed by atoms with E-state index in [1.165, 1.54) is 0 Å². The Kier molecular flexibility index (Phi) is 6.61. The van der Waals surface area contributed by atoms with Crippen LogP contribution in [0.2, 0.25) is 0 Å². The van der Waals surface area contributed by atoms with Gasteiger partial charge in [0.2, 0.25) is 10.0 Å². The van der Waals surface area contributed by atoms with Gasteiger partial charge in [-0.3, -0.25) is 0 Å². The van der Waals surface area contributed by atoms with Crippen molar-refractivity contribution >= 4 is 10.0 Å². The molecule has 0 fully saturated rings. The molecule has 3 N–H and O–H groups in total. The van der Waals surface area contributed by atoms with Crippen LogP contribution in [-0.4, -0.2) is 46.5 Å². The van der Waals surface area contributed by atoms with E-state index in [4.69, 9.17) is 5.73 Å². The van der Waals surface area contributed by atoms with Crippen LogP contribution in [0.4, 0.5) is 0 Å². The molecule has 1 rings (SSSR count). The molecule has 114 valence electrons. The smallest absolute Gasteiger partial charge is 0.240 e. The van der Waals surface area contributed by atoms with Crippen LogP contribution in [0, 0.1) is 0 Å². The summed E-state index contributed by atoms with van der Waals surface area (Å²) in [6, 6.07) is 6.79. The minimum absolute atomic E-state index is 0.0916. The zero-order chi connectivity index (χ0) is 15.2. The van der Waals surface area contributed by atoms with Crippen molar-refractivity contribution in [1.29, 1.82) is 0 Å². The summed E-state index contributed by atoms with van der Waals surface area (Å²) >= 11 is 0. The van der Waals surface area contributed by atoms with Crippen molar-refractivity contribution in [2.45, 2.75) is 30.7 Å². The van der Waals surface area contributed by atoms with Crippen molar-refractivity contribution in [1.82, 2.24) is 9.62 Å². The molecule has 6 heteroatoms. The molecule has 0 bridgehead atoms. The number of nitrogens with zero attached hydrogens (tertiary/aromatic N) is 1. The van der Waals surface area contributed by atoms with E-state index in [0.29, 0.717) is 11.4 Å². The van der Waals surface area contributed by atoms with Gasteiger partial charge in [-0.05, 0) is 64.6 Å². The van der Waals surface area contributed by atoms with Gasteiger partial charge in [0.15, 0.2) is 0 Å². The lowest BCUT2D eigenvalue weighted by Gasteiger charge is -2.17. The lowest BCUT2D eigenvalue weighted by atomic mass is 10.2. The zero-order valence-corrected chi connectivity index (χ0v) is 13.3. The molecule has 0 spiro atoms. The first-order valence-corrected chi connectivity index (χ1v) is 8.29. The Bertz CT molecular complexity index is 498. The molecule has 0 aliphatic rings. The van der Waals surface area contributed by atoms with Gasteiger partial charge in [0.25, 0.3) is 0 Å². The second-order valence-electron chi connectivity index (χ2n) is 5.30. The molecule has 1 atom stereocenters. The first kappa shape index (κ1) is 17.1. The monoisotopic (exact) mass is 299 g/mol. The Balaban J connectivity index is 2.68. The van der Waals surface area contributed by atoms with E-state index in [2.05, 4.69) is 4.72 Å². The number of hydrogen-bond acceptors (Lipinski definition) is 4. The SMILES string of the molecule is CC(CCN(C)C)NS(=O)(=O)c1ccc(CCN)cc1. The lowest BCUT2D eigenvalue weighted by molar-refractivity contribution is 0.379. The van der Waals surface area contributed by atoms with Gasteiger partial charge in [-0.2, -0.15) is 0 Å². The maximum Gasteiger partial charge on any atom is 0.240 e. The fourth-order valence-corrected chi connectivity index (χ4v) is 3.12. The van der Waals surface area contributed by atoms with Crippen LogP contribution in [0.25, 0.3) is 0 Å². The molecule has 0 aromatic heterocycles. The number of sulfonamides is 1. The standard InChI is InChI=1S/C14H25N3O2S/c1-12(9-11-17(2)3)16-20(18,19)14-6-4-13(5-7-14)8-10-15/h4-7,12,16H,8-11,15H2,1-3H3. The second kappa shape index (κ2) is 7.73. The average molecular weight is 299 g/mol. The van der Waals surface area contributed by atoms with Gasteiger partial charge in [0, 0.05) is 6.04 Å². The summed E-state index contributed by atoms with van der Waals surface area (Å²) in [5.41, 5.74) is 6.52. The highest BCUT2D eigenvalue weighted by Gasteiger charge is 2.17. The molecule has 5 nitrogen and oxygen atoms in total. The average Bonchev–Trinajstić information content (AvgIpc) is 2.37.